The van der Waals surface area contributed by atoms with Crippen LogP contribution in [0.15, 0.2) is 36.0 Å². The first-order valence-corrected chi connectivity index (χ1v) is 7.55. The largest absolute Gasteiger partial charge is 0.506 e. The zero-order valence-electron chi connectivity index (χ0n) is 12.7. The molecule has 0 radical (unpaired) electrons. The Kier molecular flexibility index (Phi) is 5.42. The molecule has 1 saturated carbocycles. The smallest absolute Gasteiger partial charge is 0.266 e. The highest BCUT2D eigenvalue weighted by molar-refractivity contribution is 5.97. The molecule has 1 fully saturated rings. The first kappa shape index (κ1) is 15.9. The molecule has 0 atom stereocenters. The second kappa shape index (κ2) is 7.51. The summed E-state index contributed by atoms with van der Waals surface area (Å²) in [4.78, 5) is 14.1. The highest BCUT2D eigenvalue weighted by Gasteiger charge is 2.24. The molecule has 2 rings (SSSR count). The summed E-state index contributed by atoms with van der Waals surface area (Å²) in [6.07, 6.45) is 6.82. The van der Waals surface area contributed by atoms with Crippen LogP contribution in [0.2, 0.25) is 0 Å². The van der Waals surface area contributed by atoms with Crippen molar-refractivity contribution in [2.75, 3.05) is 12.4 Å². The molecule has 1 aliphatic carbocycles. The zero-order valence-corrected chi connectivity index (χ0v) is 12.7. The molecule has 0 bridgehead atoms. The number of hydrogen-bond donors (Lipinski definition) is 2. The summed E-state index contributed by atoms with van der Waals surface area (Å²) in [5, 5.41) is 21.7. The van der Waals surface area contributed by atoms with Crippen molar-refractivity contribution in [2.24, 2.45) is 0 Å². The van der Waals surface area contributed by atoms with Crippen LogP contribution in [0.3, 0.4) is 0 Å². The van der Waals surface area contributed by atoms with Crippen LogP contribution in [-0.2, 0) is 4.79 Å². The Labute approximate surface area is 130 Å². The molecule has 1 aromatic rings. The van der Waals surface area contributed by atoms with E-state index in [2.05, 4.69) is 5.32 Å². The van der Waals surface area contributed by atoms with Gasteiger partial charge in [-0.3, -0.25) is 4.79 Å². The van der Waals surface area contributed by atoms with Crippen LogP contribution in [0.1, 0.15) is 32.1 Å². The number of carbonyl (C=O) groups excluding carboxylic acids is 1. The summed E-state index contributed by atoms with van der Waals surface area (Å²) in [6, 6.07) is 8.83. The van der Waals surface area contributed by atoms with Gasteiger partial charge < -0.3 is 15.3 Å². The quantitative estimate of drug-likeness (QED) is 0.509. The van der Waals surface area contributed by atoms with Crippen LogP contribution in [0.5, 0.6) is 5.75 Å². The summed E-state index contributed by atoms with van der Waals surface area (Å²) < 4.78 is 0. The first-order chi connectivity index (χ1) is 10.6. The molecule has 2 N–H and O–H groups in total. The number of nitriles is 1. The summed E-state index contributed by atoms with van der Waals surface area (Å²) in [5.41, 5.74) is 0.500. The third-order valence-electron chi connectivity index (χ3n) is 4.07. The van der Waals surface area contributed by atoms with Gasteiger partial charge >= 0.3 is 0 Å². The van der Waals surface area contributed by atoms with Crippen molar-refractivity contribution in [1.82, 2.24) is 4.90 Å². The first-order valence-electron chi connectivity index (χ1n) is 7.55. The molecule has 0 heterocycles. The number of rotatable bonds is 4. The molecule has 0 aromatic heterocycles. The minimum absolute atomic E-state index is 0.0383. The van der Waals surface area contributed by atoms with Crippen molar-refractivity contribution in [2.45, 2.75) is 38.1 Å². The average molecular weight is 299 g/mol. The number of para-hydroxylation sites is 2. The molecule has 0 unspecified atom stereocenters. The van der Waals surface area contributed by atoms with E-state index in [9.17, 15) is 15.2 Å². The Hall–Kier alpha value is -2.48. The van der Waals surface area contributed by atoms with E-state index in [1.165, 1.54) is 18.7 Å². The van der Waals surface area contributed by atoms with E-state index < -0.39 is 0 Å². The number of benzene rings is 1. The predicted octanol–water partition coefficient (Wildman–Crippen LogP) is 3.00. The molecule has 5 nitrogen and oxygen atoms in total. The maximum absolute atomic E-state index is 12.4. The highest BCUT2D eigenvalue weighted by atomic mass is 16.3. The lowest BCUT2D eigenvalue weighted by Gasteiger charge is -2.31. The average Bonchev–Trinajstić information content (AvgIpc) is 2.56. The van der Waals surface area contributed by atoms with Crippen molar-refractivity contribution in [3.8, 4) is 11.8 Å². The van der Waals surface area contributed by atoms with E-state index in [1.54, 1.807) is 30.1 Å². The van der Waals surface area contributed by atoms with Crippen molar-refractivity contribution in [3.63, 3.8) is 0 Å². The van der Waals surface area contributed by atoms with E-state index >= 15 is 0 Å². The van der Waals surface area contributed by atoms with Gasteiger partial charge in [0.15, 0.2) is 0 Å². The van der Waals surface area contributed by atoms with Crippen LogP contribution in [0.4, 0.5) is 5.69 Å². The molecule has 1 aromatic carbocycles. The Balaban J connectivity index is 2.06. The molecule has 0 aliphatic heterocycles. The van der Waals surface area contributed by atoms with Gasteiger partial charge in [-0.25, -0.2) is 0 Å². The zero-order chi connectivity index (χ0) is 15.9. The van der Waals surface area contributed by atoms with Crippen molar-refractivity contribution >= 4 is 11.6 Å². The summed E-state index contributed by atoms with van der Waals surface area (Å²) in [6.45, 7) is 0. The predicted molar refractivity (Wildman–Crippen MR) is 85.1 cm³/mol. The lowest BCUT2D eigenvalue weighted by molar-refractivity contribution is -0.128. The Morgan fingerprint density at radius 1 is 1.36 bits per heavy atom. The minimum atomic E-state index is -0.280. The molecular weight excluding hydrogens is 278 g/mol. The lowest BCUT2D eigenvalue weighted by Crippen LogP contribution is -2.39. The summed E-state index contributed by atoms with van der Waals surface area (Å²) in [7, 11) is 1.75. The van der Waals surface area contributed by atoms with Crippen LogP contribution < -0.4 is 5.32 Å². The third kappa shape index (κ3) is 3.79. The lowest BCUT2D eigenvalue weighted by atomic mass is 9.94. The third-order valence-corrected chi connectivity index (χ3v) is 4.07. The number of hydrogen-bond acceptors (Lipinski definition) is 4. The molecular formula is C17H21N3O2. The van der Waals surface area contributed by atoms with Gasteiger partial charge in [-0.1, -0.05) is 31.4 Å². The molecule has 1 amide bonds. The minimum Gasteiger partial charge on any atom is -0.506 e. The van der Waals surface area contributed by atoms with Gasteiger partial charge in [0.25, 0.3) is 5.91 Å². The topological polar surface area (TPSA) is 76.4 Å². The molecule has 22 heavy (non-hydrogen) atoms. The monoisotopic (exact) mass is 299 g/mol. The second-order valence-electron chi connectivity index (χ2n) is 5.54. The van der Waals surface area contributed by atoms with Gasteiger partial charge in [0, 0.05) is 19.3 Å². The summed E-state index contributed by atoms with van der Waals surface area (Å²) in [5.74, 6) is -0.207. The fourth-order valence-corrected chi connectivity index (χ4v) is 2.71. The van der Waals surface area contributed by atoms with E-state index in [1.807, 2.05) is 6.07 Å². The highest BCUT2D eigenvalue weighted by Crippen LogP contribution is 2.24. The van der Waals surface area contributed by atoms with Crippen molar-refractivity contribution in [1.29, 1.82) is 5.26 Å². The molecule has 5 heteroatoms. The van der Waals surface area contributed by atoms with Crippen LogP contribution in [0, 0.1) is 11.3 Å². The number of anilines is 1. The van der Waals surface area contributed by atoms with Crippen LogP contribution in [-0.4, -0.2) is 29.0 Å². The number of aromatic hydroxyl groups is 1. The van der Waals surface area contributed by atoms with E-state index in [4.69, 9.17) is 0 Å². The van der Waals surface area contributed by atoms with E-state index in [0.717, 1.165) is 25.7 Å². The van der Waals surface area contributed by atoms with Crippen LogP contribution in [0.25, 0.3) is 0 Å². The van der Waals surface area contributed by atoms with Crippen LogP contribution >= 0.6 is 0 Å². The maximum Gasteiger partial charge on any atom is 0.266 e. The summed E-state index contributed by atoms with van der Waals surface area (Å²) >= 11 is 0. The number of phenolic OH excluding ortho intramolecular Hbond substituents is 1. The number of likely N-dealkylation sites (N-methyl/N-ethyl adjacent to an activating group) is 1. The second-order valence-corrected chi connectivity index (χ2v) is 5.54. The Bertz CT molecular complexity index is 598. The van der Waals surface area contributed by atoms with Crippen molar-refractivity contribution < 1.29 is 9.90 Å². The van der Waals surface area contributed by atoms with Gasteiger partial charge in [-0.05, 0) is 25.0 Å². The SMILES string of the molecule is CN(C(=O)/C(C#N)=C\Nc1ccccc1O)C1CCCCC1. The fraction of sp³-hybridized carbons (Fsp3) is 0.412. The van der Waals surface area contributed by atoms with Gasteiger partial charge in [0.1, 0.15) is 17.4 Å². The van der Waals surface area contributed by atoms with Gasteiger partial charge in [0.2, 0.25) is 0 Å². The maximum atomic E-state index is 12.4. The normalized spacial score (nSPS) is 15.9. The Morgan fingerprint density at radius 3 is 2.68 bits per heavy atom. The molecule has 1 aliphatic rings. The number of phenols is 1. The number of amides is 1. The fourth-order valence-electron chi connectivity index (χ4n) is 2.71. The molecule has 0 spiro atoms. The van der Waals surface area contributed by atoms with Gasteiger partial charge in [-0.15, -0.1) is 0 Å². The van der Waals surface area contributed by atoms with E-state index in [-0.39, 0.29) is 23.3 Å². The number of nitrogens with one attached hydrogen (secondary N) is 1. The Morgan fingerprint density at radius 2 is 2.05 bits per heavy atom. The van der Waals surface area contributed by atoms with Gasteiger partial charge in [0.05, 0.1) is 5.69 Å². The van der Waals surface area contributed by atoms with Gasteiger partial charge in [-0.2, -0.15) is 5.26 Å². The molecule has 0 saturated heterocycles. The number of nitrogens with zero attached hydrogens (tertiary/aromatic N) is 2. The standard InChI is InChI=1S/C17H21N3O2/c1-20(14-7-3-2-4-8-14)17(22)13(11-18)12-19-15-9-5-6-10-16(15)21/h5-6,9-10,12,14,19,21H,2-4,7-8H2,1H3/b13-12-. The van der Waals surface area contributed by atoms with E-state index in [0.29, 0.717) is 5.69 Å². The molecule has 116 valence electrons. The van der Waals surface area contributed by atoms with Crippen molar-refractivity contribution in [3.05, 3.63) is 36.0 Å². The number of carbonyl (C=O) groups is 1.